The molecule has 3 aromatic heterocycles. The summed E-state index contributed by atoms with van der Waals surface area (Å²) in [7, 11) is 1.93. The second kappa shape index (κ2) is 7.32. The second-order valence-corrected chi connectivity index (χ2v) is 8.67. The van der Waals surface area contributed by atoms with Crippen LogP contribution in [0.2, 0.25) is 5.02 Å². The first-order chi connectivity index (χ1) is 15.2. The molecule has 5 heterocycles. The van der Waals surface area contributed by atoms with E-state index < -0.39 is 0 Å². The van der Waals surface area contributed by atoms with Gasteiger partial charge in [0, 0.05) is 48.8 Å². The van der Waals surface area contributed by atoms with Crippen molar-refractivity contribution in [3.63, 3.8) is 0 Å². The van der Waals surface area contributed by atoms with Crippen LogP contribution in [0.5, 0.6) is 0 Å². The number of hydrogen-bond acceptors (Lipinski definition) is 6. The number of benzene rings is 1. The molecule has 0 bridgehead atoms. The number of aromatic nitrogens is 6. The van der Waals surface area contributed by atoms with Crippen molar-refractivity contribution in [3.05, 3.63) is 52.9 Å². The molecule has 1 aromatic carbocycles. The molecule has 1 saturated heterocycles. The first-order valence-corrected chi connectivity index (χ1v) is 11.0. The predicted molar refractivity (Wildman–Crippen MR) is 116 cm³/mol. The lowest BCUT2D eigenvalue weighted by molar-refractivity contribution is 0.311. The Morgan fingerprint density at radius 3 is 2.90 bits per heavy atom. The summed E-state index contributed by atoms with van der Waals surface area (Å²) in [5.41, 5.74) is 5.80. The Morgan fingerprint density at radius 2 is 2.03 bits per heavy atom. The molecule has 0 aliphatic carbocycles. The van der Waals surface area contributed by atoms with Gasteiger partial charge in [-0.1, -0.05) is 16.8 Å². The highest BCUT2D eigenvalue weighted by atomic mass is 35.5. The van der Waals surface area contributed by atoms with E-state index >= 15 is 0 Å². The molecule has 0 N–H and O–H groups in total. The number of fused-ring (bicyclic) bond motifs is 5. The van der Waals surface area contributed by atoms with E-state index in [9.17, 15) is 0 Å². The van der Waals surface area contributed by atoms with E-state index in [-0.39, 0.29) is 0 Å². The number of likely N-dealkylation sites (tertiary alicyclic amines) is 1. The third-order valence-corrected chi connectivity index (χ3v) is 6.36. The van der Waals surface area contributed by atoms with Gasteiger partial charge in [0.05, 0.1) is 17.1 Å². The summed E-state index contributed by atoms with van der Waals surface area (Å²) in [5.74, 6) is 1.19. The topological polar surface area (TPSA) is 77.8 Å². The molecular formula is C22H22ClN7O. The van der Waals surface area contributed by atoms with Crippen molar-refractivity contribution in [2.75, 3.05) is 19.6 Å². The molecule has 6 rings (SSSR count). The zero-order valence-electron chi connectivity index (χ0n) is 17.3. The fraction of sp³-hybridized carbons (Fsp3) is 0.364. The van der Waals surface area contributed by atoms with Crippen molar-refractivity contribution in [2.24, 2.45) is 7.05 Å². The molecule has 0 saturated carbocycles. The lowest BCUT2D eigenvalue weighted by Crippen LogP contribution is -2.22. The van der Waals surface area contributed by atoms with Gasteiger partial charge in [0.2, 0.25) is 11.7 Å². The van der Waals surface area contributed by atoms with Crippen LogP contribution in [0.3, 0.4) is 0 Å². The molecule has 8 nitrogen and oxygen atoms in total. The molecule has 4 aromatic rings. The van der Waals surface area contributed by atoms with Crippen molar-refractivity contribution in [3.8, 4) is 28.5 Å². The van der Waals surface area contributed by atoms with Crippen LogP contribution < -0.4 is 0 Å². The van der Waals surface area contributed by atoms with Gasteiger partial charge in [0.1, 0.15) is 12.0 Å². The zero-order valence-corrected chi connectivity index (χ0v) is 18.0. The van der Waals surface area contributed by atoms with Gasteiger partial charge in [-0.25, -0.2) is 4.98 Å². The van der Waals surface area contributed by atoms with Gasteiger partial charge in [0.25, 0.3) is 0 Å². The standard InChI is InChI=1S/C22H22ClN7O/c1-28-12-14-10-18-21(22-25-19(31-27-22)6-9-29-7-2-3-8-29)24-13-30(18)17-5-4-15(23)11-16(17)20(14)26-28/h4-5,11-13H,2-3,6-10H2,1H3. The summed E-state index contributed by atoms with van der Waals surface area (Å²) in [4.78, 5) is 11.8. The van der Waals surface area contributed by atoms with Crippen LogP contribution in [0.1, 0.15) is 30.0 Å². The maximum Gasteiger partial charge on any atom is 0.228 e. The van der Waals surface area contributed by atoms with Gasteiger partial charge in [-0.2, -0.15) is 10.1 Å². The monoisotopic (exact) mass is 435 g/mol. The highest BCUT2D eigenvalue weighted by Gasteiger charge is 2.27. The average Bonchev–Trinajstić information content (AvgIpc) is 3.53. The minimum absolute atomic E-state index is 0.535. The minimum Gasteiger partial charge on any atom is -0.339 e. The number of imidazole rings is 1. The number of rotatable bonds is 4. The van der Waals surface area contributed by atoms with Crippen LogP contribution >= 0.6 is 11.6 Å². The summed E-state index contributed by atoms with van der Waals surface area (Å²) in [6, 6.07) is 5.86. The highest BCUT2D eigenvalue weighted by Crippen LogP contribution is 2.38. The van der Waals surface area contributed by atoms with Crippen molar-refractivity contribution in [1.29, 1.82) is 0 Å². The number of aryl methyl sites for hydroxylation is 1. The average molecular weight is 436 g/mol. The third kappa shape index (κ3) is 3.26. The zero-order chi connectivity index (χ0) is 20.9. The fourth-order valence-electron chi connectivity index (χ4n) is 4.63. The van der Waals surface area contributed by atoms with Crippen LogP contribution in [0, 0.1) is 0 Å². The van der Waals surface area contributed by atoms with E-state index in [1.165, 1.54) is 12.8 Å². The van der Waals surface area contributed by atoms with Crippen molar-refractivity contribution in [1.82, 2.24) is 34.4 Å². The Hall–Kier alpha value is -2.97. The molecule has 1 fully saturated rings. The van der Waals surface area contributed by atoms with Crippen LogP contribution in [0.15, 0.2) is 35.2 Å². The maximum atomic E-state index is 6.32. The largest absolute Gasteiger partial charge is 0.339 e. The van der Waals surface area contributed by atoms with E-state index in [1.807, 2.05) is 42.5 Å². The molecule has 0 spiro atoms. The Bertz CT molecular complexity index is 1260. The molecule has 0 atom stereocenters. The molecule has 31 heavy (non-hydrogen) atoms. The third-order valence-electron chi connectivity index (χ3n) is 6.12. The normalized spacial score (nSPS) is 15.5. The summed E-state index contributed by atoms with van der Waals surface area (Å²) in [5, 5.41) is 9.63. The van der Waals surface area contributed by atoms with Crippen molar-refractivity contribution >= 4 is 11.6 Å². The predicted octanol–water partition coefficient (Wildman–Crippen LogP) is 3.52. The van der Waals surface area contributed by atoms with Gasteiger partial charge in [0.15, 0.2) is 0 Å². The molecule has 2 aliphatic rings. The van der Waals surface area contributed by atoms with Crippen molar-refractivity contribution in [2.45, 2.75) is 25.7 Å². The molecule has 2 aliphatic heterocycles. The highest BCUT2D eigenvalue weighted by molar-refractivity contribution is 6.31. The Kier molecular flexibility index (Phi) is 4.43. The summed E-state index contributed by atoms with van der Waals surface area (Å²) < 4.78 is 9.48. The first-order valence-electron chi connectivity index (χ1n) is 10.6. The summed E-state index contributed by atoms with van der Waals surface area (Å²) in [6.45, 7) is 3.27. The molecule has 0 unspecified atom stereocenters. The second-order valence-electron chi connectivity index (χ2n) is 8.24. The summed E-state index contributed by atoms with van der Waals surface area (Å²) >= 11 is 6.32. The van der Waals surface area contributed by atoms with Crippen molar-refractivity contribution < 1.29 is 4.52 Å². The minimum atomic E-state index is 0.535. The lowest BCUT2D eigenvalue weighted by atomic mass is 10.0. The van der Waals surface area contributed by atoms with Crippen LogP contribution in [0.4, 0.5) is 0 Å². The Labute approximate surface area is 184 Å². The van der Waals surface area contributed by atoms with Gasteiger partial charge in [-0.05, 0) is 44.1 Å². The van der Waals surface area contributed by atoms with E-state index in [1.54, 1.807) is 0 Å². The Morgan fingerprint density at radius 1 is 1.16 bits per heavy atom. The Balaban J connectivity index is 1.38. The fourth-order valence-corrected chi connectivity index (χ4v) is 4.80. The quantitative estimate of drug-likeness (QED) is 0.430. The number of halogens is 1. The number of hydrogen-bond donors (Lipinski definition) is 0. The van der Waals surface area contributed by atoms with E-state index in [0.717, 1.165) is 60.0 Å². The van der Waals surface area contributed by atoms with Crippen LogP contribution in [-0.4, -0.2) is 54.0 Å². The van der Waals surface area contributed by atoms with E-state index in [4.69, 9.17) is 21.2 Å². The lowest BCUT2D eigenvalue weighted by Gasteiger charge is -2.11. The van der Waals surface area contributed by atoms with Gasteiger partial charge in [-0.15, -0.1) is 0 Å². The van der Waals surface area contributed by atoms with Gasteiger partial charge >= 0.3 is 0 Å². The van der Waals surface area contributed by atoms with E-state index in [2.05, 4.69) is 24.6 Å². The summed E-state index contributed by atoms with van der Waals surface area (Å²) in [6.07, 6.45) is 7.85. The molecular weight excluding hydrogens is 414 g/mol. The first kappa shape index (κ1) is 18.8. The van der Waals surface area contributed by atoms with Crippen LogP contribution in [-0.2, 0) is 19.9 Å². The van der Waals surface area contributed by atoms with Gasteiger partial charge in [-0.3, -0.25) is 4.68 Å². The smallest absolute Gasteiger partial charge is 0.228 e. The van der Waals surface area contributed by atoms with Gasteiger partial charge < -0.3 is 14.0 Å². The molecule has 9 heteroatoms. The van der Waals surface area contributed by atoms with Crippen LogP contribution in [0.25, 0.3) is 28.5 Å². The molecule has 0 radical (unpaired) electrons. The molecule has 158 valence electrons. The SMILES string of the molecule is Cn1cc2c(n1)-c1cc(Cl)ccc1-n1cnc(-c3noc(CCN4CCCC4)n3)c1C2. The number of nitrogens with zero attached hydrogens (tertiary/aromatic N) is 7. The molecule has 0 amide bonds. The van der Waals surface area contributed by atoms with E-state index in [0.29, 0.717) is 23.2 Å². The maximum absolute atomic E-state index is 6.32.